The first kappa shape index (κ1) is 22.0. The lowest BCUT2D eigenvalue weighted by atomic mass is 10.1. The van der Waals surface area contributed by atoms with Crippen LogP contribution in [0.5, 0.6) is 0 Å². The van der Waals surface area contributed by atoms with E-state index in [0.29, 0.717) is 11.1 Å². The maximum Gasteiger partial charge on any atom is 0.253 e. The van der Waals surface area contributed by atoms with Crippen molar-refractivity contribution in [1.29, 1.82) is 0 Å². The first-order valence-corrected chi connectivity index (χ1v) is 8.10. The number of hydrogen-bond donors (Lipinski definition) is 0. The molecule has 1 aromatic carbocycles. The SMILES string of the molecule is COC(CN(C)C(=O)c1cccc(C(=O)N(C)CC(OC)OC)c1)OC. The summed E-state index contributed by atoms with van der Waals surface area (Å²) in [4.78, 5) is 28.1. The zero-order valence-electron chi connectivity index (χ0n) is 16.2. The van der Waals surface area contributed by atoms with Gasteiger partial charge in [-0.15, -0.1) is 0 Å². The van der Waals surface area contributed by atoms with E-state index in [2.05, 4.69) is 0 Å². The summed E-state index contributed by atoms with van der Waals surface area (Å²) in [5.74, 6) is -0.457. The van der Waals surface area contributed by atoms with Crippen LogP contribution in [0.3, 0.4) is 0 Å². The third-order valence-electron chi connectivity index (χ3n) is 3.95. The molecule has 0 heterocycles. The van der Waals surface area contributed by atoms with E-state index in [1.54, 1.807) is 38.4 Å². The summed E-state index contributed by atoms with van der Waals surface area (Å²) in [6.45, 7) is 0.542. The number of hydrogen-bond acceptors (Lipinski definition) is 6. The Morgan fingerprint density at radius 1 is 0.808 bits per heavy atom. The van der Waals surface area contributed by atoms with Gasteiger partial charge in [0.15, 0.2) is 12.6 Å². The van der Waals surface area contributed by atoms with Gasteiger partial charge in [0, 0.05) is 53.7 Å². The number of rotatable bonds is 10. The van der Waals surface area contributed by atoms with Crippen LogP contribution in [0.1, 0.15) is 20.7 Å². The minimum atomic E-state index is -0.514. The first-order chi connectivity index (χ1) is 12.4. The fourth-order valence-electron chi connectivity index (χ4n) is 2.33. The number of nitrogens with zero attached hydrogens (tertiary/aromatic N) is 2. The van der Waals surface area contributed by atoms with Crippen LogP contribution in [-0.2, 0) is 18.9 Å². The number of likely N-dealkylation sites (N-methyl/N-ethyl adjacent to an activating group) is 2. The lowest BCUT2D eigenvalue weighted by Crippen LogP contribution is -2.37. The second-order valence-electron chi connectivity index (χ2n) is 5.75. The molecule has 0 bridgehead atoms. The van der Waals surface area contributed by atoms with Gasteiger partial charge in [-0.2, -0.15) is 0 Å². The molecular formula is C18H28N2O6. The Morgan fingerprint density at radius 2 is 1.15 bits per heavy atom. The smallest absolute Gasteiger partial charge is 0.253 e. The Kier molecular flexibility index (Phi) is 9.22. The molecule has 26 heavy (non-hydrogen) atoms. The van der Waals surface area contributed by atoms with E-state index in [9.17, 15) is 9.59 Å². The highest BCUT2D eigenvalue weighted by atomic mass is 16.7. The van der Waals surface area contributed by atoms with E-state index >= 15 is 0 Å². The molecule has 0 N–H and O–H groups in total. The van der Waals surface area contributed by atoms with Gasteiger partial charge in [0.1, 0.15) is 0 Å². The number of amides is 2. The number of carbonyl (C=O) groups excluding carboxylic acids is 2. The molecule has 0 saturated carbocycles. The molecule has 0 radical (unpaired) electrons. The topological polar surface area (TPSA) is 77.5 Å². The molecule has 1 aromatic rings. The fraction of sp³-hybridized carbons (Fsp3) is 0.556. The second kappa shape index (κ2) is 10.9. The molecule has 0 aliphatic rings. The molecule has 0 aromatic heterocycles. The average Bonchev–Trinajstić information content (AvgIpc) is 2.68. The van der Waals surface area contributed by atoms with Crippen LogP contribution in [0.15, 0.2) is 24.3 Å². The maximum absolute atomic E-state index is 12.6. The molecular weight excluding hydrogens is 340 g/mol. The summed E-state index contributed by atoms with van der Waals surface area (Å²) in [6, 6.07) is 6.58. The molecule has 0 saturated heterocycles. The standard InChI is InChI=1S/C18H28N2O6/c1-19(11-15(23-3)24-4)17(21)13-8-7-9-14(10-13)18(22)20(2)12-16(25-5)26-6/h7-10,15-16H,11-12H2,1-6H3. The van der Waals surface area contributed by atoms with Crippen LogP contribution in [0.4, 0.5) is 0 Å². The van der Waals surface area contributed by atoms with Crippen LogP contribution in [0.2, 0.25) is 0 Å². The van der Waals surface area contributed by atoms with Crippen LogP contribution in [-0.4, -0.2) is 89.8 Å². The highest BCUT2D eigenvalue weighted by Gasteiger charge is 2.20. The largest absolute Gasteiger partial charge is 0.354 e. The number of benzene rings is 1. The highest BCUT2D eigenvalue weighted by Crippen LogP contribution is 2.11. The number of carbonyl (C=O) groups is 2. The van der Waals surface area contributed by atoms with Gasteiger partial charge in [-0.25, -0.2) is 0 Å². The van der Waals surface area contributed by atoms with Crippen LogP contribution in [0.25, 0.3) is 0 Å². The predicted molar refractivity (Wildman–Crippen MR) is 96.0 cm³/mol. The van der Waals surface area contributed by atoms with E-state index in [4.69, 9.17) is 18.9 Å². The van der Waals surface area contributed by atoms with Gasteiger partial charge in [0.2, 0.25) is 0 Å². The molecule has 8 nitrogen and oxygen atoms in total. The Labute approximate surface area is 154 Å². The van der Waals surface area contributed by atoms with Crippen molar-refractivity contribution in [2.24, 2.45) is 0 Å². The molecule has 2 amide bonds. The first-order valence-electron chi connectivity index (χ1n) is 8.10. The summed E-state index contributed by atoms with van der Waals surface area (Å²) < 4.78 is 20.4. The van der Waals surface area contributed by atoms with E-state index in [0.717, 1.165) is 0 Å². The summed E-state index contributed by atoms with van der Waals surface area (Å²) in [5.41, 5.74) is 0.820. The Hall–Kier alpha value is -2.00. The minimum Gasteiger partial charge on any atom is -0.354 e. The van der Waals surface area contributed by atoms with Crippen molar-refractivity contribution >= 4 is 11.8 Å². The minimum absolute atomic E-state index is 0.229. The van der Waals surface area contributed by atoms with Crippen LogP contribution in [0, 0.1) is 0 Å². The molecule has 0 fully saturated rings. The monoisotopic (exact) mass is 368 g/mol. The molecule has 146 valence electrons. The predicted octanol–water partition coefficient (Wildman–Crippen LogP) is 1.07. The van der Waals surface area contributed by atoms with Gasteiger partial charge in [0.05, 0.1) is 13.1 Å². The third kappa shape index (κ3) is 6.06. The van der Waals surface area contributed by atoms with Crippen molar-refractivity contribution in [3.05, 3.63) is 35.4 Å². The van der Waals surface area contributed by atoms with Crippen LogP contribution >= 0.6 is 0 Å². The quantitative estimate of drug-likeness (QED) is 0.575. The Balaban J connectivity index is 2.86. The lowest BCUT2D eigenvalue weighted by Gasteiger charge is -2.23. The Bertz CT molecular complexity index is 540. The van der Waals surface area contributed by atoms with Gasteiger partial charge < -0.3 is 28.7 Å². The molecule has 0 atom stereocenters. The summed E-state index contributed by atoms with van der Waals surface area (Å²) in [7, 11) is 9.33. The van der Waals surface area contributed by atoms with E-state index in [1.807, 2.05) is 0 Å². The van der Waals surface area contributed by atoms with Crippen LogP contribution < -0.4 is 0 Å². The van der Waals surface area contributed by atoms with Crippen molar-refractivity contribution in [1.82, 2.24) is 9.80 Å². The van der Waals surface area contributed by atoms with Crippen molar-refractivity contribution < 1.29 is 28.5 Å². The maximum atomic E-state index is 12.6. The number of methoxy groups -OCH3 is 4. The number of ether oxygens (including phenoxy) is 4. The summed E-state index contributed by atoms with van der Waals surface area (Å²) in [6.07, 6.45) is -1.03. The normalized spacial score (nSPS) is 11.1. The van der Waals surface area contributed by atoms with Gasteiger partial charge in [-0.1, -0.05) is 6.07 Å². The summed E-state index contributed by atoms with van der Waals surface area (Å²) in [5, 5.41) is 0. The molecule has 0 spiro atoms. The van der Waals surface area contributed by atoms with Gasteiger partial charge >= 0.3 is 0 Å². The Morgan fingerprint density at radius 3 is 1.46 bits per heavy atom. The molecule has 0 aliphatic carbocycles. The highest BCUT2D eigenvalue weighted by molar-refractivity contribution is 5.99. The van der Waals surface area contributed by atoms with Crippen molar-refractivity contribution in [2.75, 3.05) is 55.6 Å². The fourth-order valence-corrected chi connectivity index (χ4v) is 2.33. The molecule has 8 heteroatoms. The van der Waals surface area contributed by atoms with Gasteiger partial charge in [-0.3, -0.25) is 9.59 Å². The molecule has 0 unspecified atom stereocenters. The zero-order valence-corrected chi connectivity index (χ0v) is 16.2. The zero-order chi connectivity index (χ0) is 19.7. The van der Waals surface area contributed by atoms with E-state index < -0.39 is 12.6 Å². The van der Waals surface area contributed by atoms with Crippen molar-refractivity contribution in [2.45, 2.75) is 12.6 Å². The van der Waals surface area contributed by atoms with Gasteiger partial charge in [-0.05, 0) is 18.2 Å². The second-order valence-corrected chi connectivity index (χ2v) is 5.75. The molecule has 1 rings (SSSR count). The molecule has 0 aliphatic heterocycles. The third-order valence-corrected chi connectivity index (χ3v) is 3.95. The van der Waals surface area contributed by atoms with Crippen molar-refractivity contribution in [3.63, 3.8) is 0 Å². The lowest BCUT2D eigenvalue weighted by molar-refractivity contribution is -0.110. The van der Waals surface area contributed by atoms with E-state index in [-0.39, 0.29) is 24.9 Å². The average molecular weight is 368 g/mol. The van der Waals surface area contributed by atoms with Gasteiger partial charge in [0.25, 0.3) is 11.8 Å². The van der Waals surface area contributed by atoms with Crippen molar-refractivity contribution in [3.8, 4) is 0 Å². The summed E-state index contributed by atoms with van der Waals surface area (Å²) >= 11 is 0. The van der Waals surface area contributed by atoms with E-state index in [1.165, 1.54) is 38.2 Å².